The Hall–Kier alpha value is -1.21. The molecule has 6 heteroatoms. The lowest BCUT2D eigenvalue weighted by atomic mass is 10.1. The van der Waals surface area contributed by atoms with Gasteiger partial charge in [-0.05, 0) is 43.2 Å². The van der Waals surface area contributed by atoms with Crippen molar-refractivity contribution >= 4 is 21.4 Å². The monoisotopic (exact) mass is 310 g/mol. The van der Waals surface area contributed by atoms with Crippen molar-refractivity contribution in [3.8, 4) is 0 Å². The van der Waals surface area contributed by atoms with Crippen molar-refractivity contribution in [3.63, 3.8) is 0 Å². The Morgan fingerprint density at radius 3 is 2.55 bits per heavy atom. The van der Waals surface area contributed by atoms with Gasteiger partial charge in [-0.1, -0.05) is 12.1 Å². The van der Waals surface area contributed by atoms with Crippen molar-refractivity contribution in [2.24, 2.45) is 5.73 Å². The number of sulfonamides is 1. The molecule has 0 amide bonds. The van der Waals surface area contributed by atoms with Crippen LogP contribution >= 0.6 is 11.3 Å². The quantitative estimate of drug-likeness (QED) is 0.890. The molecule has 1 aromatic carbocycles. The van der Waals surface area contributed by atoms with Gasteiger partial charge < -0.3 is 5.73 Å². The number of nitrogens with one attached hydrogen (secondary N) is 1. The van der Waals surface area contributed by atoms with Crippen LogP contribution in [0.4, 0.5) is 0 Å². The van der Waals surface area contributed by atoms with E-state index in [0.29, 0.717) is 18.0 Å². The molecule has 1 heterocycles. The third-order valence-electron chi connectivity index (χ3n) is 3.01. The Morgan fingerprint density at radius 1 is 1.20 bits per heavy atom. The van der Waals surface area contributed by atoms with Gasteiger partial charge in [0.25, 0.3) is 0 Å². The first-order valence-corrected chi connectivity index (χ1v) is 8.57. The summed E-state index contributed by atoms with van der Waals surface area (Å²) in [7, 11) is -3.51. The van der Waals surface area contributed by atoms with E-state index in [4.69, 9.17) is 5.73 Å². The first kappa shape index (κ1) is 15.2. The molecular formula is C14H18N2O2S2. The first-order valence-electron chi connectivity index (χ1n) is 6.27. The van der Waals surface area contributed by atoms with Crippen molar-refractivity contribution in [3.05, 3.63) is 51.2 Å². The fourth-order valence-corrected chi connectivity index (χ4v) is 4.11. The average molecular weight is 310 g/mol. The van der Waals surface area contributed by atoms with Gasteiger partial charge >= 0.3 is 0 Å². The van der Waals surface area contributed by atoms with Gasteiger partial charge in [-0.2, -0.15) is 0 Å². The zero-order valence-corrected chi connectivity index (χ0v) is 13.1. The van der Waals surface area contributed by atoms with Gasteiger partial charge in [-0.25, -0.2) is 13.1 Å². The van der Waals surface area contributed by atoms with E-state index in [1.54, 1.807) is 30.4 Å². The second kappa shape index (κ2) is 6.05. The van der Waals surface area contributed by atoms with Crippen molar-refractivity contribution in [2.45, 2.75) is 31.8 Å². The maximum absolute atomic E-state index is 12.4. The highest BCUT2D eigenvalue weighted by Crippen LogP contribution is 2.19. The molecule has 20 heavy (non-hydrogen) atoms. The van der Waals surface area contributed by atoms with E-state index in [9.17, 15) is 8.42 Å². The van der Waals surface area contributed by atoms with Crippen LogP contribution in [0.3, 0.4) is 0 Å². The topological polar surface area (TPSA) is 72.2 Å². The zero-order valence-electron chi connectivity index (χ0n) is 11.5. The zero-order chi connectivity index (χ0) is 14.8. The smallest absolute Gasteiger partial charge is 0.241 e. The molecule has 0 bridgehead atoms. The van der Waals surface area contributed by atoms with Crippen LogP contribution in [-0.2, 0) is 23.1 Å². The molecule has 0 aliphatic rings. The summed E-state index contributed by atoms with van der Waals surface area (Å²) in [6.07, 6.45) is 0. The minimum absolute atomic E-state index is 0.300. The summed E-state index contributed by atoms with van der Waals surface area (Å²) in [5.74, 6) is 0. The highest BCUT2D eigenvalue weighted by Gasteiger charge is 2.17. The fourth-order valence-electron chi connectivity index (χ4n) is 1.89. The molecule has 3 N–H and O–H groups in total. The predicted molar refractivity (Wildman–Crippen MR) is 82.2 cm³/mol. The maximum atomic E-state index is 12.4. The maximum Gasteiger partial charge on any atom is 0.241 e. The molecule has 4 nitrogen and oxygen atoms in total. The summed E-state index contributed by atoms with van der Waals surface area (Å²) >= 11 is 1.59. The number of aryl methyl sites for hydroxylation is 2. The molecule has 1 aromatic heterocycles. The summed E-state index contributed by atoms with van der Waals surface area (Å²) < 4.78 is 27.3. The van der Waals surface area contributed by atoms with Crippen molar-refractivity contribution in [1.82, 2.24) is 4.72 Å². The third-order valence-corrected chi connectivity index (χ3v) is 5.55. The van der Waals surface area contributed by atoms with E-state index in [1.807, 2.05) is 25.1 Å². The molecule has 0 aliphatic carbocycles. The number of benzene rings is 1. The lowest BCUT2D eigenvalue weighted by molar-refractivity contribution is 0.581. The number of rotatable bonds is 5. The van der Waals surface area contributed by atoms with Gasteiger partial charge in [-0.3, -0.25) is 0 Å². The van der Waals surface area contributed by atoms with E-state index >= 15 is 0 Å². The highest BCUT2D eigenvalue weighted by molar-refractivity contribution is 7.89. The Balaban J connectivity index is 2.21. The highest BCUT2D eigenvalue weighted by atomic mass is 32.2. The molecule has 0 saturated heterocycles. The van der Waals surface area contributed by atoms with Crippen molar-refractivity contribution in [1.29, 1.82) is 0 Å². The SMILES string of the molecule is Cc1ccc(CNS(=O)(=O)c2cc(CN)ccc2C)s1. The van der Waals surface area contributed by atoms with Gasteiger partial charge in [0.05, 0.1) is 4.90 Å². The second-order valence-electron chi connectivity index (χ2n) is 4.64. The Morgan fingerprint density at radius 2 is 1.95 bits per heavy atom. The second-order valence-corrected chi connectivity index (χ2v) is 7.75. The molecule has 0 saturated carbocycles. The molecule has 0 unspecified atom stereocenters. The van der Waals surface area contributed by atoms with Crippen molar-refractivity contribution in [2.75, 3.05) is 0 Å². The van der Waals surface area contributed by atoms with E-state index in [-0.39, 0.29) is 0 Å². The summed E-state index contributed by atoms with van der Waals surface area (Å²) in [5.41, 5.74) is 7.09. The Labute approximate surface area is 123 Å². The van der Waals surface area contributed by atoms with Crippen LogP contribution in [0.5, 0.6) is 0 Å². The van der Waals surface area contributed by atoms with Crippen LogP contribution in [-0.4, -0.2) is 8.42 Å². The Kier molecular flexibility index (Phi) is 4.59. The lowest BCUT2D eigenvalue weighted by Crippen LogP contribution is -2.23. The van der Waals surface area contributed by atoms with Crippen LogP contribution in [0.25, 0.3) is 0 Å². The Bertz CT molecular complexity index is 706. The van der Waals surface area contributed by atoms with Gasteiger partial charge in [0.2, 0.25) is 10.0 Å². The van der Waals surface area contributed by atoms with E-state index in [0.717, 1.165) is 16.0 Å². The number of thiophene rings is 1. The predicted octanol–water partition coefficient (Wildman–Crippen LogP) is 2.30. The summed E-state index contributed by atoms with van der Waals surface area (Å²) in [6.45, 7) is 4.42. The number of hydrogen-bond acceptors (Lipinski definition) is 4. The summed E-state index contributed by atoms with van der Waals surface area (Å²) in [5, 5.41) is 0. The van der Waals surface area contributed by atoms with Crippen LogP contribution < -0.4 is 10.5 Å². The first-order chi connectivity index (χ1) is 9.42. The van der Waals surface area contributed by atoms with E-state index in [1.165, 1.54) is 4.88 Å². The molecule has 0 aliphatic heterocycles. The minimum atomic E-state index is -3.51. The fraction of sp³-hybridized carbons (Fsp3) is 0.286. The van der Waals surface area contributed by atoms with Gasteiger partial charge in [0.1, 0.15) is 0 Å². The summed E-state index contributed by atoms with van der Waals surface area (Å²) in [4.78, 5) is 2.47. The third kappa shape index (κ3) is 3.46. The number of hydrogen-bond donors (Lipinski definition) is 2. The molecule has 0 radical (unpaired) electrons. The molecule has 0 spiro atoms. The van der Waals surface area contributed by atoms with Crippen molar-refractivity contribution < 1.29 is 8.42 Å². The van der Waals surface area contributed by atoms with Gasteiger partial charge in [0, 0.05) is 22.8 Å². The molecule has 2 aromatic rings. The van der Waals surface area contributed by atoms with Crippen LogP contribution in [0.1, 0.15) is 20.9 Å². The van der Waals surface area contributed by atoms with E-state index in [2.05, 4.69) is 4.72 Å². The van der Waals surface area contributed by atoms with Crippen LogP contribution in [0.2, 0.25) is 0 Å². The lowest BCUT2D eigenvalue weighted by Gasteiger charge is -2.10. The standard InChI is InChI=1S/C14H18N2O2S2/c1-10-3-5-12(8-15)7-14(10)20(17,18)16-9-13-6-4-11(2)19-13/h3-7,16H,8-9,15H2,1-2H3. The minimum Gasteiger partial charge on any atom is -0.326 e. The average Bonchev–Trinajstić information content (AvgIpc) is 2.83. The van der Waals surface area contributed by atoms with Gasteiger partial charge in [-0.15, -0.1) is 11.3 Å². The number of nitrogens with two attached hydrogens (primary N) is 1. The molecule has 0 atom stereocenters. The largest absolute Gasteiger partial charge is 0.326 e. The molecule has 108 valence electrons. The molecule has 2 rings (SSSR count). The van der Waals surface area contributed by atoms with Gasteiger partial charge in [0.15, 0.2) is 0 Å². The van der Waals surface area contributed by atoms with Crippen LogP contribution in [0, 0.1) is 13.8 Å². The van der Waals surface area contributed by atoms with Crippen LogP contribution in [0.15, 0.2) is 35.2 Å². The van der Waals surface area contributed by atoms with E-state index < -0.39 is 10.0 Å². The molecular weight excluding hydrogens is 292 g/mol. The normalized spacial score (nSPS) is 11.8. The molecule has 0 fully saturated rings. The summed E-state index contributed by atoms with van der Waals surface area (Å²) in [6, 6.07) is 9.18.